The zero-order chi connectivity index (χ0) is 11.0. The summed E-state index contributed by atoms with van der Waals surface area (Å²) in [6.07, 6.45) is 1.66. The maximum Gasteiger partial charge on any atom is 0.313 e. The minimum atomic E-state index is -0.541. The highest BCUT2D eigenvalue weighted by Crippen LogP contribution is 2.01. The molecule has 5 heteroatoms. The fraction of sp³-hybridized carbons (Fsp3) is 0.700. The first kappa shape index (κ1) is 16.8. The molecule has 0 unspecified atom stereocenters. The van der Waals surface area contributed by atoms with Gasteiger partial charge >= 0.3 is 11.9 Å². The van der Waals surface area contributed by atoms with Crippen LogP contribution in [-0.2, 0) is 19.1 Å². The topological polar surface area (TPSA) is 60.4 Å². The first-order chi connectivity index (χ1) is 6.60. The van der Waals surface area contributed by atoms with Gasteiger partial charge in [0.05, 0.1) is 0 Å². The van der Waals surface area contributed by atoms with Crippen molar-refractivity contribution in [3.05, 3.63) is 0 Å². The Morgan fingerprint density at radius 1 is 0.933 bits per heavy atom. The number of ether oxygens (including phenoxy) is 1. The Morgan fingerprint density at radius 3 is 2.00 bits per heavy atom. The fourth-order valence-electron chi connectivity index (χ4n) is 0.857. The Hall–Kier alpha value is -0.658. The van der Waals surface area contributed by atoms with Gasteiger partial charge in [-0.25, -0.2) is 0 Å². The van der Waals surface area contributed by atoms with Crippen LogP contribution >= 0.6 is 0 Å². The van der Waals surface area contributed by atoms with E-state index in [0.29, 0.717) is 19.3 Å². The van der Waals surface area contributed by atoms with E-state index in [1.807, 2.05) is 0 Å². The third-order valence-electron chi connectivity index (χ3n) is 1.75. The molecule has 0 aromatic carbocycles. The lowest BCUT2D eigenvalue weighted by molar-refractivity contribution is -0.159. The minimum Gasteiger partial charge on any atom is -0.393 e. The number of ketones is 1. The molecule has 0 bridgehead atoms. The Labute approximate surface area is 100 Å². The third kappa shape index (κ3) is 9.64. The SMILES string of the molecule is CCC(=O)CCCC(=O)OC(=O)CC.[AlH3]. The second-order valence-electron chi connectivity index (χ2n) is 2.95. The van der Waals surface area contributed by atoms with Crippen molar-refractivity contribution in [2.75, 3.05) is 0 Å². The monoisotopic (exact) mass is 230 g/mol. The number of hydrogen-bond donors (Lipinski definition) is 0. The van der Waals surface area contributed by atoms with Crippen LogP contribution in [0.4, 0.5) is 0 Å². The highest BCUT2D eigenvalue weighted by atomic mass is 27.0. The van der Waals surface area contributed by atoms with Gasteiger partial charge in [-0.15, -0.1) is 0 Å². The molecule has 0 radical (unpaired) electrons. The van der Waals surface area contributed by atoms with Gasteiger partial charge in [-0.2, -0.15) is 0 Å². The van der Waals surface area contributed by atoms with Gasteiger partial charge in [0.15, 0.2) is 17.4 Å². The molecular formula is C10H19AlO4. The predicted molar refractivity (Wildman–Crippen MR) is 60.5 cm³/mol. The molecule has 0 saturated carbocycles. The average molecular weight is 230 g/mol. The quantitative estimate of drug-likeness (QED) is 0.377. The van der Waals surface area contributed by atoms with Gasteiger partial charge in [0.25, 0.3) is 0 Å². The molecule has 0 atom stereocenters. The summed E-state index contributed by atoms with van der Waals surface area (Å²) in [7, 11) is 0. The van der Waals surface area contributed by atoms with Crippen molar-refractivity contribution in [3.8, 4) is 0 Å². The first-order valence-electron chi connectivity index (χ1n) is 4.85. The molecule has 0 aromatic rings. The van der Waals surface area contributed by atoms with Crippen LogP contribution in [0, 0.1) is 0 Å². The van der Waals surface area contributed by atoms with E-state index in [4.69, 9.17) is 0 Å². The number of carbonyl (C=O) groups is 3. The lowest BCUT2D eigenvalue weighted by Gasteiger charge is -2.00. The summed E-state index contributed by atoms with van der Waals surface area (Å²) < 4.78 is 4.43. The maximum absolute atomic E-state index is 10.9. The van der Waals surface area contributed by atoms with Gasteiger partial charge in [0.2, 0.25) is 0 Å². The van der Waals surface area contributed by atoms with E-state index >= 15 is 0 Å². The van der Waals surface area contributed by atoms with Crippen LogP contribution in [0.2, 0.25) is 0 Å². The largest absolute Gasteiger partial charge is 0.393 e. The number of Topliss-reactive ketones (excluding diaryl/α,β-unsaturated/α-hetero) is 1. The van der Waals surface area contributed by atoms with Crippen LogP contribution in [0.1, 0.15) is 46.0 Å². The van der Waals surface area contributed by atoms with Gasteiger partial charge < -0.3 is 4.74 Å². The molecule has 0 fully saturated rings. The molecule has 0 saturated heterocycles. The second kappa shape index (κ2) is 9.88. The van der Waals surface area contributed by atoms with E-state index < -0.39 is 11.9 Å². The Kier molecular flexibility index (Phi) is 11.0. The molecule has 0 N–H and O–H groups in total. The summed E-state index contributed by atoms with van der Waals surface area (Å²) in [6.45, 7) is 3.40. The Balaban J connectivity index is 0. The molecule has 0 rings (SSSR count). The number of hydrogen-bond acceptors (Lipinski definition) is 4. The molecule has 0 aliphatic carbocycles. The molecular weight excluding hydrogens is 211 g/mol. The zero-order valence-electron chi connectivity index (χ0n) is 8.67. The van der Waals surface area contributed by atoms with Gasteiger partial charge in [-0.05, 0) is 6.42 Å². The average Bonchev–Trinajstić information content (AvgIpc) is 2.17. The first-order valence-corrected chi connectivity index (χ1v) is 4.85. The molecule has 0 amide bonds. The summed E-state index contributed by atoms with van der Waals surface area (Å²) in [5.74, 6) is -0.933. The normalized spacial score (nSPS) is 8.93. The molecule has 15 heavy (non-hydrogen) atoms. The molecule has 4 nitrogen and oxygen atoms in total. The van der Waals surface area contributed by atoms with Crippen molar-refractivity contribution < 1.29 is 19.1 Å². The van der Waals surface area contributed by atoms with Crippen molar-refractivity contribution >= 4 is 35.1 Å². The van der Waals surface area contributed by atoms with Gasteiger partial charge in [0.1, 0.15) is 5.78 Å². The summed E-state index contributed by atoms with van der Waals surface area (Å²) in [6, 6.07) is 0. The maximum atomic E-state index is 10.9. The van der Waals surface area contributed by atoms with Crippen molar-refractivity contribution in [1.29, 1.82) is 0 Å². The predicted octanol–water partition coefficient (Wildman–Crippen LogP) is 0.432. The Morgan fingerprint density at radius 2 is 1.53 bits per heavy atom. The van der Waals surface area contributed by atoms with E-state index in [9.17, 15) is 14.4 Å². The van der Waals surface area contributed by atoms with Gasteiger partial charge in [-0.3, -0.25) is 14.4 Å². The zero-order valence-corrected chi connectivity index (χ0v) is 8.67. The van der Waals surface area contributed by atoms with E-state index in [1.165, 1.54) is 0 Å². The van der Waals surface area contributed by atoms with Crippen LogP contribution in [0.5, 0.6) is 0 Å². The van der Waals surface area contributed by atoms with Crippen LogP contribution in [0.15, 0.2) is 0 Å². The molecule has 86 valence electrons. The summed E-state index contributed by atoms with van der Waals surface area (Å²) in [4.78, 5) is 32.4. The number of esters is 2. The van der Waals surface area contributed by atoms with Crippen molar-refractivity contribution in [2.45, 2.75) is 46.0 Å². The smallest absolute Gasteiger partial charge is 0.313 e. The van der Waals surface area contributed by atoms with E-state index in [1.54, 1.807) is 13.8 Å². The van der Waals surface area contributed by atoms with Crippen molar-refractivity contribution in [2.24, 2.45) is 0 Å². The second-order valence-corrected chi connectivity index (χ2v) is 2.95. The highest BCUT2D eigenvalue weighted by Gasteiger charge is 2.08. The van der Waals surface area contributed by atoms with Crippen LogP contribution in [0.3, 0.4) is 0 Å². The lowest BCUT2D eigenvalue weighted by Crippen LogP contribution is -2.11. The minimum absolute atomic E-state index is 0. The van der Waals surface area contributed by atoms with Crippen molar-refractivity contribution in [3.63, 3.8) is 0 Å². The highest BCUT2D eigenvalue weighted by molar-refractivity contribution is 5.85. The molecule has 0 aliphatic heterocycles. The van der Waals surface area contributed by atoms with E-state index in [-0.39, 0.29) is 36.0 Å². The van der Waals surface area contributed by atoms with Crippen LogP contribution in [0.25, 0.3) is 0 Å². The van der Waals surface area contributed by atoms with Gasteiger partial charge in [-0.1, -0.05) is 13.8 Å². The summed E-state index contributed by atoms with van der Waals surface area (Å²) >= 11 is 0. The lowest BCUT2D eigenvalue weighted by atomic mass is 10.1. The van der Waals surface area contributed by atoms with Gasteiger partial charge in [0, 0.05) is 25.7 Å². The van der Waals surface area contributed by atoms with Crippen LogP contribution < -0.4 is 0 Å². The molecule has 0 aliphatic rings. The number of carbonyl (C=O) groups excluding carboxylic acids is 3. The van der Waals surface area contributed by atoms with E-state index in [2.05, 4.69) is 4.74 Å². The number of rotatable bonds is 6. The molecule has 0 heterocycles. The molecule has 0 aromatic heterocycles. The van der Waals surface area contributed by atoms with Crippen LogP contribution in [-0.4, -0.2) is 35.1 Å². The third-order valence-corrected chi connectivity index (χ3v) is 1.75. The fourth-order valence-corrected chi connectivity index (χ4v) is 0.857. The van der Waals surface area contributed by atoms with Crippen molar-refractivity contribution in [1.82, 2.24) is 0 Å². The van der Waals surface area contributed by atoms with E-state index in [0.717, 1.165) is 0 Å². The summed E-state index contributed by atoms with van der Waals surface area (Å²) in [5, 5.41) is 0. The summed E-state index contributed by atoms with van der Waals surface area (Å²) in [5.41, 5.74) is 0. The Bertz CT molecular complexity index is 225. The standard InChI is InChI=1S/C10H16O4.Al.3H/c1-3-8(11)6-5-7-10(13)14-9(12)4-2;;;;/h3-7H2,1-2H3;;;;. The molecule has 0 spiro atoms.